The Kier molecular flexibility index (Phi) is 6.22. The lowest BCUT2D eigenvalue weighted by Crippen LogP contribution is -2.30. The van der Waals surface area contributed by atoms with E-state index in [0.717, 1.165) is 22.3 Å². The minimum absolute atomic E-state index is 0.137. The summed E-state index contributed by atoms with van der Waals surface area (Å²) in [5.41, 5.74) is 4.58. The largest absolute Gasteiger partial charge is 0.452 e. The minimum Gasteiger partial charge on any atom is -0.452 e. The van der Waals surface area contributed by atoms with Crippen molar-refractivity contribution in [2.24, 2.45) is 0 Å². The number of esters is 1. The van der Waals surface area contributed by atoms with Gasteiger partial charge in [-0.2, -0.15) is 0 Å². The molecule has 4 nitrogen and oxygen atoms in total. The van der Waals surface area contributed by atoms with Crippen LogP contribution in [0.15, 0.2) is 78.9 Å². The van der Waals surface area contributed by atoms with E-state index in [0.29, 0.717) is 5.69 Å². The smallest absolute Gasteiger partial charge is 0.311 e. The molecule has 0 aromatic heterocycles. The average Bonchev–Trinajstić information content (AvgIpc) is 2.70. The second-order valence-electron chi connectivity index (χ2n) is 6.70. The highest BCUT2D eigenvalue weighted by Crippen LogP contribution is 2.27. The molecule has 0 saturated heterocycles. The highest BCUT2D eigenvalue weighted by Gasteiger charge is 2.19. The Balaban J connectivity index is 1.63. The number of amides is 1. The average molecular weight is 373 g/mol. The van der Waals surface area contributed by atoms with Crippen LogP contribution in [0.25, 0.3) is 11.1 Å². The van der Waals surface area contributed by atoms with Crippen LogP contribution in [-0.2, 0) is 20.7 Å². The van der Waals surface area contributed by atoms with Gasteiger partial charge in [-0.25, -0.2) is 0 Å². The molecular formula is C24H23NO3. The van der Waals surface area contributed by atoms with E-state index in [1.165, 1.54) is 0 Å². The van der Waals surface area contributed by atoms with Crippen molar-refractivity contribution in [1.82, 2.24) is 0 Å². The predicted molar refractivity (Wildman–Crippen MR) is 111 cm³/mol. The first-order valence-corrected chi connectivity index (χ1v) is 9.23. The zero-order valence-electron chi connectivity index (χ0n) is 16.0. The Hall–Kier alpha value is -3.40. The minimum atomic E-state index is -0.887. The molecule has 3 aromatic carbocycles. The van der Waals surface area contributed by atoms with Gasteiger partial charge in [0.1, 0.15) is 0 Å². The number of hydrogen-bond donors (Lipinski definition) is 1. The molecule has 0 aliphatic rings. The maximum absolute atomic E-state index is 12.5. The summed E-state index contributed by atoms with van der Waals surface area (Å²) in [4.78, 5) is 24.7. The van der Waals surface area contributed by atoms with E-state index in [9.17, 15) is 9.59 Å². The summed E-state index contributed by atoms with van der Waals surface area (Å²) in [6, 6.07) is 25.0. The maximum Gasteiger partial charge on any atom is 0.311 e. The van der Waals surface area contributed by atoms with Gasteiger partial charge in [0.05, 0.1) is 6.42 Å². The zero-order chi connectivity index (χ0) is 19.9. The van der Waals surface area contributed by atoms with Crippen LogP contribution in [0, 0.1) is 6.92 Å². The predicted octanol–water partition coefficient (Wildman–Crippen LogP) is 4.77. The molecule has 0 radical (unpaired) electrons. The summed E-state index contributed by atoms with van der Waals surface area (Å²) in [5, 5.41) is 2.87. The van der Waals surface area contributed by atoms with Gasteiger partial charge in [0, 0.05) is 11.3 Å². The number of carbonyl (C=O) groups excluding carboxylic acids is 2. The summed E-state index contributed by atoms with van der Waals surface area (Å²) in [6.07, 6.45) is -0.750. The number of ether oxygens (including phenoxy) is 1. The van der Waals surface area contributed by atoms with Crippen LogP contribution in [0.3, 0.4) is 0 Å². The first-order chi connectivity index (χ1) is 13.5. The van der Waals surface area contributed by atoms with Gasteiger partial charge in [-0.15, -0.1) is 0 Å². The van der Waals surface area contributed by atoms with Crippen molar-refractivity contribution in [3.63, 3.8) is 0 Å². The number of nitrogens with one attached hydrogen (secondary N) is 1. The molecule has 0 aliphatic carbocycles. The van der Waals surface area contributed by atoms with Gasteiger partial charge in [-0.05, 0) is 31.0 Å². The van der Waals surface area contributed by atoms with E-state index in [4.69, 9.17) is 4.74 Å². The second-order valence-corrected chi connectivity index (χ2v) is 6.70. The van der Waals surface area contributed by atoms with Gasteiger partial charge in [-0.1, -0.05) is 78.4 Å². The Morgan fingerprint density at radius 3 is 2.25 bits per heavy atom. The van der Waals surface area contributed by atoms with Crippen LogP contribution in [-0.4, -0.2) is 18.0 Å². The molecule has 3 aromatic rings. The molecule has 0 fully saturated rings. The third-order valence-electron chi connectivity index (χ3n) is 4.42. The van der Waals surface area contributed by atoms with Gasteiger partial charge in [0.15, 0.2) is 6.10 Å². The van der Waals surface area contributed by atoms with Gasteiger partial charge >= 0.3 is 5.97 Å². The fourth-order valence-corrected chi connectivity index (χ4v) is 2.86. The lowest BCUT2D eigenvalue weighted by Gasteiger charge is -2.16. The number of aryl methyl sites for hydroxylation is 1. The lowest BCUT2D eigenvalue weighted by molar-refractivity contribution is -0.152. The molecule has 1 amide bonds. The summed E-state index contributed by atoms with van der Waals surface area (Å²) < 4.78 is 5.31. The van der Waals surface area contributed by atoms with Crippen molar-refractivity contribution in [1.29, 1.82) is 0 Å². The van der Waals surface area contributed by atoms with Crippen molar-refractivity contribution in [2.45, 2.75) is 26.4 Å². The summed E-state index contributed by atoms with van der Waals surface area (Å²) in [7, 11) is 0. The Labute approximate surface area is 165 Å². The third kappa shape index (κ3) is 5.07. The topological polar surface area (TPSA) is 55.4 Å². The maximum atomic E-state index is 12.5. The van der Waals surface area contributed by atoms with Crippen molar-refractivity contribution in [2.75, 3.05) is 5.32 Å². The van der Waals surface area contributed by atoms with Crippen LogP contribution in [0.2, 0.25) is 0 Å². The zero-order valence-corrected chi connectivity index (χ0v) is 16.0. The normalized spacial score (nSPS) is 11.5. The van der Waals surface area contributed by atoms with E-state index in [1.54, 1.807) is 6.92 Å². The van der Waals surface area contributed by atoms with Crippen molar-refractivity contribution >= 4 is 17.6 Å². The summed E-state index contributed by atoms with van der Waals surface area (Å²) >= 11 is 0. The molecule has 1 atom stereocenters. The number of carbonyl (C=O) groups is 2. The second kappa shape index (κ2) is 9.00. The first-order valence-electron chi connectivity index (χ1n) is 9.23. The molecule has 28 heavy (non-hydrogen) atoms. The fraction of sp³-hybridized carbons (Fsp3) is 0.167. The Bertz CT molecular complexity index is 949. The standard InChI is InChI=1S/C24H23NO3/c1-17-12-14-19(15-13-17)16-23(26)28-18(2)24(27)25-22-11-7-6-10-21(22)20-8-4-3-5-9-20/h3-15,18H,16H2,1-2H3,(H,25,27)/t18-/m1/s1. The molecule has 4 heteroatoms. The number of hydrogen-bond acceptors (Lipinski definition) is 3. The molecule has 0 spiro atoms. The van der Waals surface area contributed by atoms with Crippen molar-refractivity contribution in [3.05, 3.63) is 90.0 Å². The van der Waals surface area contributed by atoms with E-state index in [2.05, 4.69) is 5.32 Å². The van der Waals surface area contributed by atoms with E-state index >= 15 is 0 Å². The molecule has 3 rings (SSSR count). The van der Waals surface area contributed by atoms with Gasteiger partial charge < -0.3 is 10.1 Å². The quantitative estimate of drug-likeness (QED) is 0.633. The number of benzene rings is 3. The SMILES string of the molecule is Cc1ccc(CC(=O)O[C@H](C)C(=O)Nc2ccccc2-c2ccccc2)cc1. The van der Waals surface area contributed by atoms with Crippen LogP contribution in [0.4, 0.5) is 5.69 Å². The fourth-order valence-electron chi connectivity index (χ4n) is 2.86. The van der Waals surface area contributed by atoms with Crippen molar-refractivity contribution < 1.29 is 14.3 Å². The molecule has 1 N–H and O–H groups in total. The monoisotopic (exact) mass is 373 g/mol. The molecule has 142 valence electrons. The van der Waals surface area contributed by atoms with Crippen LogP contribution < -0.4 is 5.32 Å². The highest BCUT2D eigenvalue weighted by molar-refractivity contribution is 5.98. The molecule has 0 unspecified atom stereocenters. The van der Waals surface area contributed by atoms with Crippen LogP contribution in [0.1, 0.15) is 18.1 Å². The number of rotatable bonds is 6. The summed E-state index contributed by atoms with van der Waals surface area (Å²) in [5.74, 6) is -0.788. The lowest BCUT2D eigenvalue weighted by atomic mass is 10.0. The van der Waals surface area contributed by atoms with Crippen LogP contribution in [0.5, 0.6) is 0 Å². The number of para-hydroxylation sites is 1. The van der Waals surface area contributed by atoms with Gasteiger partial charge in [0.25, 0.3) is 5.91 Å². The first kappa shape index (κ1) is 19.4. The van der Waals surface area contributed by atoms with Crippen molar-refractivity contribution in [3.8, 4) is 11.1 Å². The van der Waals surface area contributed by atoms with Gasteiger partial charge in [0.2, 0.25) is 0 Å². The third-order valence-corrected chi connectivity index (χ3v) is 4.42. The molecule has 0 bridgehead atoms. The number of anilines is 1. The highest BCUT2D eigenvalue weighted by atomic mass is 16.5. The van der Waals surface area contributed by atoms with Crippen LogP contribution >= 0.6 is 0 Å². The Morgan fingerprint density at radius 2 is 1.54 bits per heavy atom. The van der Waals surface area contributed by atoms with E-state index in [-0.39, 0.29) is 12.3 Å². The van der Waals surface area contributed by atoms with Gasteiger partial charge in [-0.3, -0.25) is 9.59 Å². The van der Waals surface area contributed by atoms with E-state index < -0.39 is 12.1 Å². The molecule has 0 saturated carbocycles. The summed E-state index contributed by atoms with van der Waals surface area (Å²) in [6.45, 7) is 3.56. The molecule has 0 aliphatic heterocycles. The Morgan fingerprint density at radius 1 is 0.893 bits per heavy atom. The molecule has 0 heterocycles. The van der Waals surface area contributed by atoms with E-state index in [1.807, 2.05) is 85.8 Å². The molecular weight excluding hydrogens is 350 g/mol.